The molecule has 3 aromatic rings. The van der Waals surface area contributed by atoms with Gasteiger partial charge in [0.15, 0.2) is 21.5 Å². The Hall–Kier alpha value is -2.99. The lowest BCUT2D eigenvalue weighted by Crippen LogP contribution is -2.52. The number of anilines is 1. The Kier molecular flexibility index (Phi) is 7.45. The molecule has 0 radical (unpaired) electrons. The average Bonchev–Trinajstić information content (AvgIpc) is 3.02. The largest absolute Gasteiger partial charge is 0.386 e. The fraction of sp³-hybridized carbons (Fsp3) is 0.357. The van der Waals surface area contributed by atoms with E-state index in [1.54, 1.807) is 0 Å². The quantitative estimate of drug-likeness (QED) is 0.343. The van der Waals surface area contributed by atoms with Crippen molar-refractivity contribution in [1.29, 1.82) is 0 Å². The van der Waals surface area contributed by atoms with Gasteiger partial charge in [0.25, 0.3) is 5.91 Å². The number of pyridine rings is 1. The molecule has 3 N–H and O–H groups in total. The number of aromatic nitrogens is 1. The maximum atomic E-state index is 13.8. The number of aliphatic hydroxyl groups excluding tert-OH is 1. The van der Waals surface area contributed by atoms with Crippen molar-refractivity contribution in [2.24, 2.45) is 17.8 Å². The summed E-state index contributed by atoms with van der Waals surface area (Å²) in [6, 6.07) is 10.4. The molecule has 0 spiro atoms. The van der Waals surface area contributed by atoms with Gasteiger partial charge in [-0.3, -0.25) is 4.79 Å². The van der Waals surface area contributed by atoms with Gasteiger partial charge in [0.1, 0.15) is 11.7 Å². The highest BCUT2D eigenvalue weighted by atomic mass is 35.5. The zero-order valence-electron chi connectivity index (χ0n) is 21.2. The fourth-order valence-electron chi connectivity index (χ4n) is 6.28. The van der Waals surface area contributed by atoms with Crippen LogP contribution in [-0.2, 0) is 9.84 Å². The van der Waals surface area contributed by atoms with Crippen molar-refractivity contribution in [2.45, 2.75) is 48.0 Å². The summed E-state index contributed by atoms with van der Waals surface area (Å²) in [5.74, 6) is -5.19. The maximum Gasteiger partial charge on any atom is 0.255 e. The number of sulfone groups is 1. The number of benzene rings is 2. The van der Waals surface area contributed by atoms with Gasteiger partial charge in [-0.1, -0.05) is 24.6 Å². The van der Waals surface area contributed by atoms with Crippen molar-refractivity contribution in [2.75, 3.05) is 5.32 Å². The molecule has 2 aliphatic rings. The Balaban J connectivity index is 1.41. The molecule has 2 aliphatic carbocycles. The van der Waals surface area contributed by atoms with Crippen LogP contribution in [0, 0.1) is 35.3 Å². The summed E-state index contributed by atoms with van der Waals surface area (Å²) in [6.45, 7) is 1.87. The minimum absolute atomic E-state index is 0.00445. The number of aliphatic hydroxyl groups is 2. The van der Waals surface area contributed by atoms with Crippen LogP contribution in [0.2, 0.25) is 5.02 Å². The Morgan fingerprint density at radius 3 is 2.50 bits per heavy atom. The molecule has 212 valence electrons. The summed E-state index contributed by atoms with van der Waals surface area (Å²) in [7, 11) is -4.12. The van der Waals surface area contributed by atoms with Crippen LogP contribution in [0.1, 0.15) is 48.3 Å². The molecule has 12 heteroatoms. The van der Waals surface area contributed by atoms with Gasteiger partial charge in [-0.15, -0.1) is 0 Å². The lowest BCUT2D eigenvalue weighted by Gasteiger charge is -2.45. The van der Waals surface area contributed by atoms with E-state index in [9.17, 15) is 36.6 Å². The van der Waals surface area contributed by atoms with Gasteiger partial charge in [0, 0.05) is 17.3 Å². The molecule has 2 saturated carbocycles. The Labute approximate surface area is 233 Å². The Morgan fingerprint density at radius 2 is 1.82 bits per heavy atom. The van der Waals surface area contributed by atoms with Gasteiger partial charge in [0.05, 0.1) is 20.9 Å². The fourth-order valence-corrected chi connectivity index (χ4v) is 8.65. The minimum Gasteiger partial charge on any atom is -0.386 e. The number of nitrogens with one attached hydrogen (secondary N) is 1. The number of amides is 1. The first kappa shape index (κ1) is 28.5. The number of hydrogen-bond acceptors (Lipinski definition) is 6. The van der Waals surface area contributed by atoms with Crippen LogP contribution >= 0.6 is 11.6 Å². The second kappa shape index (κ2) is 10.4. The van der Waals surface area contributed by atoms with E-state index in [4.69, 9.17) is 11.6 Å². The number of nitrogens with zero attached hydrogens (tertiary/aromatic N) is 1. The topological polar surface area (TPSA) is 117 Å². The molecule has 1 aromatic heterocycles. The molecule has 2 fully saturated rings. The minimum atomic E-state index is -4.12. The number of hydrogen-bond donors (Lipinski definition) is 3. The van der Waals surface area contributed by atoms with Crippen molar-refractivity contribution in [3.8, 4) is 0 Å². The van der Waals surface area contributed by atoms with Crippen molar-refractivity contribution >= 4 is 33.0 Å². The number of carbonyl (C=O) groups excluding carboxylic acids is 1. The molecule has 2 unspecified atom stereocenters. The first-order valence-electron chi connectivity index (χ1n) is 12.6. The van der Waals surface area contributed by atoms with Crippen LogP contribution in [0.15, 0.2) is 59.5 Å². The summed E-state index contributed by atoms with van der Waals surface area (Å²) in [5, 5.41) is 24.1. The predicted octanol–water partition coefficient (Wildman–Crippen LogP) is 5.08. The van der Waals surface area contributed by atoms with Crippen LogP contribution < -0.4 is 5.32 Å². The highest BCUT2D eigenvalue weighted by molar-refractivity contribution is 7.92. The average molecular weight is 595 g/mol. The molecule has 7 nitrogen and oxygen atoms in total. The maximum absolute atomic E-state index is 13.8. The van der Waals surface area contributed by atoms with Gasteiger partial charge in [-0.25, -0.2) is 22.2 Å². The van der Waals surface area contributed by atoms with Gasteiger partial charge in [-0.05, 0) is 79.5 Å². The van der Waals surface area contributed by atoms with Crippen molar-refractivity contribution in [1.82, 2.24) is 4.98 Å². The van der Waals surface area contributed by atoms with Gasteiger partial charge < -0.3 is 15.5 Å². The third-order valence-corrected chi connectivity index (χ3v) is 10.9. The summed E-state index contributed by atoms with van der Waals surface area (Å²) >= 11 is 6.29. The molecular weight excluding hydrogens is 569 g/mol. The lowest BCUT2D eigenvalue weighted by molar-refractivity contribution is -0.149. The van der Waals surface area contributed by atoms with E-state index in [1.807, 2.05) is 6.92 Å². The molecular formula is C28H26ClF3N2O5S. The zero-order chi connectivity index (χ0) is 29.0. The SMILES string of the molecule is C[C@H]1CC2C[C@@H](S(=O)(=O)c3cc(C(=O)Nc4ccc(F)c(F)c4)ccc3Cl)CC1[C@@]2(O)[C@H](O)c1cccc(F)n1. The van der Waals surface area contributed by atoms with E-state index in [1.165, 1.54) is 24.3 Å². The Bertz CT molecular complexity index is 1590. The molecule has 1 heterocycles. The third kappa shape index (κ3) is 4.89. The predicted molar refractivity (Wildman–Crippen MR) is 141 cm³/mol. The van der Waals surface area contributed by atoms with Gasteiger partial charge >= 0.3 is 0 Å². The Morgan fingerprint density at radius 1 is 1.07 bits per heavy atom. The normalized spacial score (nSPS) is 26.9. The van der Waals surface area contributed by atoms with E-state index < -0.39 is 62.1 Å². The summed E-state index contributed by atoms with van der Waals surface area (Å²) in [5.41, 5.74) is -1.83. The van der Waals surface area contributed by atoms with E-state index in [2.05, 4.69) is 10.3 Å². The number of rotatable bonds is 6. The molecule has 2 bridgehead atoms. The molecule has 2 aromatic carbocycles. The second-order valence-corrected chi connectivity index (χ2v) is 13.2. The first-order valence-corrected chi connectivity index (χ1v) is 14.6. The lowest BCUT2D eigenvalue weighted by atomic mass is 9.69. The highest BCUT2D eigenvalue weighted by Gasteiger charge is 2.62. The molecule has 0 aliphatic heterocycles. The highest BCUT2D eigenvalue weighted by Crippen LogP contribution is 2.58. The molecule has 6 atom stereocenters. The van der Waals surface area contributed by atoms with Crippen LogP contribution in [0.3, 0.4) is 0 Å². The molecule has 0 saturated heterocycles. The van der Waals surface area contributed by atoms with Crippen molar-refractivity contribution in [3.05, 3.63) is 88.5 Å². The summed E-state index contributed by atoms with van der Waals surface area (Å²) in [4.78, 5) is 16.2. The second-order valence-electron chi connectivity index (χ2n) is 10.6. The van der Waals surface area contributed by atoms with Crippen LogP contribution in [0.25, 0.3) is 0 Å². The van der Waals surface area contributed by atoms with Gasteiger partial charge in [-0.2, -0.15) is 4.39 Å². The smallest absolute Gasteiger partial charge is 0.255 e. The monoisotopic (exact) mass is 594 g/mol. The molecule has 40 heavy (non-hydrogen) atoms. The van der Waals surface area contributed by atoms with Crippen molar-refractivity contribution in [3.63, 3.8) is 0 Å². The van der Waals surface area contributed by atoms with Gasteiger partial charge in [0.2, 0.25) is 5.95 Å². The third-order valence-electron chi connectivity index (χ3n) is 8.23. The number of halogens is 4. The van der Waals surface area contributed by atoms with E-state index >= 15 is 0 Å². The van der Waals surface area contributed by atoms with E-state index in [-0.39, 0.29) is 45.6 Å². The standard InChI is InChI=1S/C28H26ClF3N2O5S/c1-14-9-16-11-18(13-19(14)28(16,37)26(35)23-3-2-4-25(32)34-23)40(38,39)24-10-15(5-7-20(24)29)27(36)33-17-6-8-21(30)22(31)12-17/h2-8,10,12,14,16,18-19,26,35,37H,9,11,13H2,1H3,(H,33,36)/t14-,16?,18+,19?,26+,28+/m0/s1. The number of carbonyl (C=O) groups is 1. The van der Waals surface area contributed by atoms with Crippen LogP contribution in [0.4, 0.5) is 18.9 Å². The number of fused-ring (bicyclic) bond motifs is 2. The van der Waals surface area contributed by atoms with Crippen LogP contribution in [0.5, 0.6) is 0 Å². The first-order chi connectivity index (χ1) is 18.8. The van der Waals surface area contributed by atoms with Crippen LogP contribution in [-0.4, -0.2) is 40.4 Å². The van der Waals surface area contributed by atoms with E-state index in [0.717, 1.165) is 30.3 Å². The molecule has 1 amide bonds. The zero-order valence-corrected chi connectivity index (χ0v) is 22.8. The molecule has 5 rings (SSSR count). The summed E-state index contributed by atoms with van der Waals surface area (Å²) in [6.07, 6.45) is -1.05. The van der Waals surface area contributed by atoms with Crippen molar-refractivity contribution < 1.29 is 36.6 Å². The van der Waals surface area contributed by atoms with E-state index in [0.29, 0.717) is 6.42 Å². The summed E-state index contributed by atoms with van der Waals surface area (Å²) < 4.78 is 68.2.